The fourth-order valence-corrected chi connectivity index (χ4v) is 1.47. The third-order valence-electron chi connectivity index (χ3n) is 2.12. The summed E-state index contributed by atoms with van der Waals surface area (Å²) in [6.45, 7) is 6.53. The first-order chi connectivity index (χ1) is 5.67. The molecular formula is C9H22N2Si. The van der Waals surface area contributed by atoms with Crippen LogP contribution in [0.5, 0.6) is 0 Å². The van der Waals surface area contributed by atoms with Gasteiger partial charge in [0.25, 0.3) is 0 Å². The highest BCUT2D eigenvalue weighted by Gasteiger charge is 2.04. The van der Waals surface area contributed by atoms with Crippen molar-refractivity contribution in [2.45, 2.75) is 19.9 Å². The molecule has 0 saturated heterocycles. The first kappa shape index (κ1) is 11.6. The minimum Gasteiger partial charge on any atom is -0.362 e. The summed E-state index contributed by atoms with van der Waals surface area (Å²) >= 11 is 0. The molecule has 0 aromatic heterocycles. The van der Waals surface area contributed by atoms with Gasteiger partial charge in [-0.05, 0) is 26.0 Å². The Balaban J connectivity index is 4.32. The van der Waals surface area contributed by atoms with Gasteiger partial charge >= 0.3 is 0 Å². The second-order valence-corrected chi connectivity index (χ2v) is 3.82. The molecule has 0 aliphatic rings. The molecule has 0 unspecified atom stereocenters. The summed E-state index contributed by atoms with van der Waals surface area (Å²) in [5.41, 5.74) is 0. The van der Waals surface area contributed by atoms with E-state index in [1.54, 1.807) is 0 Å². The van der Waals surface area contributed by atoms with Crippen LogP contribution in [0.25, 0.3) is 0 Å². The minimum atomic E-state index is 1.08. The molecule has 0 bridgehead atoms. The van der Waals surface area contributed by atoms with E-state index in [2.05, 4.69) is 43.8 Å². The van der Waals surface area contributed by atoms with E-state index < -0.39 is 0 Å². The van der Waals surface area contributed by atoms with Gasteiger partial charge in [0.05, 0.1) is 5.82 Å². The first-order valence-corrected chi connectivity index (χ1v) is 6.21. The zero-order valence-corrected chi connectivity index (χ0v) is 11.1. The number of rotatable bonds is 5. The molecule has 0 aliphatic heterocycles. The highest BCUT2D eigenvalue weighted by atomic mass is 28.1. The summed E-state index contributed by atoms with van der Waals surface area (Å²) < 4.78 is 0. The molecule has 0 spiro atoms. The molecule has 0 heterocycles. The van der Waals surface area contributed by atoms with Crippen molar-refractivity contribution in [1.29, 1.82) is 0 Å². The molecule has 0 saturated carbocycles. The van der Waals surface area contributed by atoms with Crippen molar-refractivity contribution in [3.05, 3.63) is 11.9 Å². The van der Waals surface area contributed by atoms with Crippen LogP contribution in [0.2, 0.25) is 6.04 Å². The van der Waals surface area contributed by atoms with Crippen LogP contribution in [0.1, 0.15) is 13.8 Å². The number of nitrogens with zero attached hydrogens (tertiary/aromatic N) is 2. The molecule has 0 atom stereocenters. The van der Waals surface area contributed by atoms with Gasteiger partial charge in [-0.3, -0.25) is 0 Å². The quantitative estimate of drug-likeness (QED) is 0.578. The van der Waals surface area contributed by atoms with E-state index in [0.29, 0.717) is 0 Å². The highest BCUT2D eigenvalue weighted by Crippen LogP contribution is 2.06. The SMILES string of the molecule is CCN(C)C(=CC[SiH3])N(C)CC. The lowest BCUT2D eigenvalue weighted by atomic mass is 10.4. The smallest absolute Gasteiger partial charge is 0.0989 e. The van der Waals surface area contributed by atoms with Gasteiger partial charge in [0.1, 0.15) is 0 Å². The normalized spacial score (nSPS) is 9.67. The maximum absolute atomic E-state index is 2.33. The van der Waals surface area contributed by atoms with E-state index in [9.17, 15) is 0 Å². The molecule has 0 N–H and O–H groups in total. The Kier molecular flexibility index (Phi) is 5.89. The number of hydrogen-bond donors (Lipinski definition) is 0. The predicted octanol–water partition coefficient (Wildman–Crippen LogP) is 0.515. The van der Waals surface area contributed by atoms with Gasteiger partial charge in [-0.15, -0.1) is 0 Å². The van der Waals surface area contributed by atoms with Crippen molar-refractivity contribution in [2.75, 3.05) is 27.2 Å². The Morgan fingerprint density at radius 3 is 1.83 bits per heavy atom. The fourth-order valence-electron chi connectivity index (χ4n) is 1.11. The second kappa shape index (κ2) is 6.12. The molecule has 72 valence electrons. The van der Waals surface area contributed by atoms with E-state index >= 15 is 0 Å². The Bertz CT molecular complexity index is 133. The molecule has 0 aromatic rings. The summed E-state index contributed by atoms with van der Waals surface area (Å²) in [7, 11) is 5.55. The maximum Gasteiger partial charge on any atom is 0.0989 e. The van der Waals surface area contributed by atoms with E-state index in [4.69, 9.17) is 0 Å². The van der Waals surface area contributed by atoms with Crippen LogP contribution in [0.3, 0.4) is 0 Å². The van der Waals surface area contributed by atoms with Crippen molar-refractivity contribution < 1.29 is 0 Å². The molecular weight excluding hydrogens is 164 g/mol. The van der Waals surface area contributed by atoms with Crippen LogP contribution < -0.4 is 0 Å². The van der Waals surface area contributed by atoms with Crippen LogP contribution in [0, 0.1) is 0 Å². The molecule has 0 aromatic carbocycles. The predicted molar refractivity (Wildman–Crippen MR) is 59.4 cm³/mol. The Morgan fingerprint density at radius 1 is 1.17 bits per heavy atom. The average Bonchev–Trinajstić information content (AvgIpc) is 2.11. The molecule has 0 aliphatic carbocycles. The van der Waals surface area contributed by atoms with Gasteiger partial charge in [0.15, 0.2) is 0 Å². The Labute approximate surface area is 79.7 Å². The molecule has 0 rings (SSSR count). The first-order valence-electron chi connectivity index (χ1n) is 4.79. The Hall–Kier alpha value is -0.443. The van der Waals surface area contributed by atoms with Crippen molar-refractivity contribution in [2.24, 2.45) is 0 Å². The summed E-state index contributed by atoms with van der Waals surface area (Å²) in [5.74, 6) is 1.37. The van der Waals surface area contributed by atoms with Gasteiger partial charge in [0.2, 0.25) is 0 Å². The summed E-state index contributed by atoms with van der Waals surface area (Å²) in [5, 5.41) is 0. The third kappa shape index (κ3) is 3.30. The molecule has 0 radical (unpaired) electrons. The second-order valence-electron chi connectivity index (χ2n) is 3.00. The van der Waals surface area contributed by atoms with Crippen molar-refractivity contribution >= 4 is 10.2 Å². The zero-order valence-electron chi connectivity index (χ0n) is 9.09. The highest BCUT2D eigenvalue weighted by molar-refractivity contribution is 6.09. The third-order valence-corrected chi connectivity index (χ3v) is 2.53. The zero-order chi connectivity index (χ0) is 9.56. The number of hydrogen-bond acceptors (Lipinski definition) is 2. The van der Waals surface area contributed by atoms with Crippen molar-refractivity contribution in [1.82, 2.24) is 9.80 Å². The summed E-state index contributed by atoms with van der Waals surface area (Å²) in [6, 6.07) is 1.24. The standard InChI is InChI=1S/C9H22N2Si/c1-5-10(3)9(7-8-12)11(4)6-2/h7H,5-6,8H2,1-4,12H3. The lowest BCUT2D eigenvalue weighted by Crippen LogP contribution is -2.30. The van der Waals surface area contributed by atoms with Gasteiger partial charge < -0.3 is 9.80 Å². The average molecular weight is 186 g/mol. The van der Waals surface area contributed by atoms with Crippen LogP contribution >= 0.6 is 0 Å². The topological polar surface area (TPSA) is 6.48 Å². The van der Waals surface area contributed by atoms with E-state index in [-0.39, 0.29) is 0 Å². The van der Waals surface area contributed by atoms with Crippen LogP contribution in [-0.4, -0.2) is 47.2 Å². The van der Waals surface area contributed by atoms with Crippen LogP contribution in [0.15, 0.2) is 11.9 Å². The molecule has 2 nitrogen and oxygen atoms in total. The van der Waals surface area contributed by atoms with E-state index in [1.807, 2.05) is 0 Å². The summed E-state index contributed by atoms with van der Waals surface area (Å²) in [6.07, 6.45) is 2.33. The van der Waals surface area contributed by atoms with E-state index in [0.717, 1.165) is 13.1 Å². The largest absolute Gasteiger partial charge is 0.362 e. The van der Waals surface area contributed by atoms with Crippen molar-refractivity contribution in [3.63, 3.8) is 0 Å². The minimum absolute atomic E-state index is 1.08. The van der Waals surface area contributed by atoms with Crippen LogP contribution in [-0.2, 0) is 0 Å². The lowest BCUT2D eigenvalue weighted by Gasteiger charge is -2.29. The molecule has 12 heavy (non-hydrogen) atoms. The van der Waals surface area contributed by atoms with Gasteiger partial charge in [-0.2, -0.15) is 0 Å². The van der Waals surface area contributed by atoms with Crippen LogP contribution in [0.4, 0.5) is 0 Å². The maximum atomic E-state index is 2.33. The van der Waals surface area contributed by atoms with E-state index in [1.165, 1.54) is 22.1 Å². The van der Waals surface area contributed by atoms with Gasteiger partial charge in [0, 0.05) is 37.4 Å². The lowest BCUT2D eigenvalue weighted by molar-refractivity contribution is 0.284. The molecule has 0 fully saturated rings. The van der Waals surface area contributed by atoms with Crippen molar-refractivity contribution in [3.8, 4) is 0 Å². The van der Waals surface area contributed by atoms with Gasteiger partial charge in [-0.1, -0.05) is 0 Å². The fraction of sp³-hybridized carbons (Fsp3) is 0.778. The Morgan fingerprint density at radius 2 is 1.58 bits per heavy atom. The number of allylic oxidation sites excluding steroid dienone is 1. The van der Waals surface area contributed by atoms with Gasteiger partial charge in [-0.25, -0.2) is 0 Å². The molecule has 3 heteroatoms. The molecule has 0 amide bonds. The summed E-state index contributed by atoms with van der Waals surface area (Å²) in [4.78, 5) is 4.59. The monoisotopic (exact) mass is 186 g/mol.